The van der Waals surface area contributed by atoms with Crippen molar-refractivity contribution in [1.82, 2.24) is 0 Å². The van der Waals surface area contributed by atoms with Gasteiger partial charge in [0.05, 0.1) is 6.61 Å². The molecule has 0 spiro atoms. The smallest absolute Gasteiger partial charge is 0.371 e. The van der Waals surface area contributed by atoms with Gasteiger partial charge >= 0.3 is 5.97 Å². The first-order chi connectivity index (χ1) is 11.3. The molecule has 5 atom stereocenters. The maximum Gasteiger partial charge on any atom is 0.371 e. The summed E-state index contributed by atoms with van der Waals surface area (Å²) in [7, 11) is 0. The maximum atomic E-state index is 11.4. The van der Waals surface area contributed by atoms with E-state index in [1.807, 2.05) is 0 Å². The molecular weight excluding hydrogens is 388 g/mol. The van der Waals surface area contributed by atoms with Crippen LogP contribution in [-0.4, -0.2) is 68.8 Å². The van der Waals surface area contributed by atoms with Crippen molar-refractivity contribution in [3.63, 3.8) is 0 Å². The van der Waals surface area contributed by atoms with Gasteiger partial charge in [0.1, 0.15) is 24.4 Å². The SMILES string of the molecule is O=C(O)C(=Cc1ccccc1Br)O[C@H]1O[C@@H](CO)[C@@H](O)[C@@H](O)[C@@H]1O. The fourth-order valence-electron chi connectivity index (χ4n) is 2.17. The van der Waals surface area contributed by atoms with E-state index >= 15 is 0 Å². The lowest BCUT2D eigenvalue weighted by atomic mass is 9.99. The van der Waals surface area contributed by atoms with E-state index < -0.39 is 49.0 Å². The highest BCUT2D eigenvalue weighted by Gasteiger charge is 2.45. The number of carbonyl (C=O) groups is 1. The molecule has 9 heteroatoms. The van der Waals surface area contributed by atoms with Crippen LogP contribution in [0.3, 0.4) is 0 Å². The second kappa shape index (κ2) is 8.06. The van der Waals surface area contributed by atoms with Gasteiger partial charge in [-0.1, -0.05) is 34.1 Å². The third-order valence-corrected chi connectivity index (χ3v) is 4.22. The first-order valence-electron chi connectivity index (χ1n) is 7.02. The number of carboxylic acid groups (broad SMARTS) is 1. The highest BCUT2D eigenvalue weighted by molar-refractivity contribution is 9.10. The zero-order valence-corrected chi connectivity index (χ0v) is 13.9. The maximum absolute atomic E-state index is 11.4. The van der Waals surface area contributed by atoms with Crippen LogP contribution in [0.25, 0.3) is 6.08 Å². The lowest BCUT2D eigenvalue weighted by Gasteiger charge is -2.39. The van der Waals surface area contributed by atoms with Gasteiger partial charge in [-0.25, -0.2) is 4.79 Å². The van der Waals surface area contributed by atoms with E-state index in [0.717, 1.165) is 0 Å². The minimum atomic E-state index is -1.69. The van der Waals surface area contributed by atoms with E-state index in [1.54, 1.807) is 24.3 Å². The molecule has 1 aromatic carbocycles. The van der Waals surface area contributed by atoms with Crippen molar-refractivity contribution in [3.8, 4) is 0 Å². The first-order valence-corrected chi connectivity index (χ1v) is 7.81. The van der Waals surface area contributed by atoms with Crippen LogP contribution < -0.4 is 0 Å². The fourth-order valence-corrected chi connectivity index (χ4v) is 2.57. The van der Waals surface area contributed by atoms with Crippen LogP contribution in [0.1, 0.15) is 5.56 Å². The Morgan fingerprint density at radius 2 is 1.88 bits per heavy atom. The number of carboxylic acids is 1. The van der Waals surface area contributed by atoms with Crippen molar-refractivity contribution in [1.29, 1.82) is 0 Å². The lowest BCUT2D eigenvalue weighted by molar-refractivity contribution is -0.291. The van der Waals surface area contributed by atoms with E-state index in [0.29, 0.717) is 10.0 Å². The Bertz CT molecular complexity index is 617. The zero-order chi connectivity index (χ0) is 17.9. The second-order valence-electron chi connectivity index (χ2n) is 5.15. The van der Waals surface area contributed by atoms with Crippen molar-refractivity contribution in [2.75, 3.05) is 6.61 Å². The number of benzene rings is 1. The summed E-state index contributed by atoms with van der Waals surface area (Å²) >= 11 is 3.27. The van der Waals surface area contributed by atoms with Crippen molar-refractivity contribution in [2.45, 2.75) is 30.7 Å². The van der Waals surface area contributed by atoms with E-state index in [9.17, 15) is 25.2 Å². The summed E-state index contributed by atoms with van der Waals surface area (Å²) in [6, 6.07) is 6.80. The molecule has 0 aromatic heterocycles. The van der Waals surface area contributed by atoms with Crippen LogP contribution >= 0.6 is 15.9 Å². The summed E-state index contributed by atoms with van der Waals surface area (Å²) in [4.78, 5) is 11.4. The van der Waals surface area contributed by atoms with E-state index in [4.69, 9.17) is 14.6 Å². The molecule has 0 radical (unpaired) electrons. The van der Waals surface area contributed by atoms with Crippen LogP contribution in [0.4, 0.5) is 0 Å². The molecule has 0 bridgehead atoms. The molecule has 1 fully saturated rings. The Morgan fingerprint density at radius 3 is 2.46 bits per heavy atom. The molecule has 1 saturated heterocycles. The topological polar surface area (TPSA) is 137 Å². The predicted octanol–water partition coefficient (Wildman–Crippen LogP) is -0.309. The Morgan fingerprint density at radius 1 is 1.21 bits per heavy atom. The molecule has 1 heterocycles. The molecular formula is C15H17BrO8. The average molecular weight is 405 g/mol. The van der Waals surface area contributed by atoms with Crippen molar-refractivity contribution >= 4 is 28.0 Å². The average Bonchev–Trinajstić information content (AvgIpc) is 2.56. The van der Waals surface area contributed by atoms with Gasteiger partial charge in [0.25, 0.3) is 0 Å². The molecule has 0 saturated carbocycles. The second-order valence-corrected chi connectivity index (χ2v) is 6.00. The largest absolute Gasteiger partial charge is 0.475 e. The summed E-state index contributed by atoms with van der Waals surface area (Å²) in [5.41, 5.74) is 0.513. The van der Waals surface area contributed by atoms with Gasteiger partial charge in [-0.05, 0) is 17.7 Å². The van der Waals surface area contributed by atoms with Crippen molar-refractivity contribution < 1.29 is 39.8 Å². The highest BCUT2D eigenvalue weighted by Crippen LogP contribution is 2.25. The summed E-state index contributed by atoms with van der Waals surface area (Å²) in [5.74, 6) is -1.95. The highest BCUT2D eigenvalue weighted by atomic mass is 79.9. The minimum absolute atomic E-state index is 0.513. The molecule has 24 heavy (non-hydrogen) atoms. The Kier molecular flexibility index (Phi) is 6.33. The number of aliphatic hydroxyl groups excluding tert-OH is 4. The van der Waals surface area contributed by atoms with E-state index in [1.165, 1.54) is 6.08 Å². The van der Waals surface area contributed by atoms with Gasteiger partial charge < -0.3 is 35.0 Å². The molecule has 5 N–H and O–H groups in total. The number of aliphatic hydroxyl groups is 4. The third-order valence-electron chi connectivity index (χ3n) is 3.49. The summed E-state index contributed by atoms with van der Waals surface area (Å²) in [5, 5.41) is 47.7. The Hall–Kier alpha value is -1.49. The Labute approximate surface area is 145 Å². The predicted molar refractivity (Wildman–Crippen MR) is 84.6 cm³/mol. The molecule has 1 aliphatic rings. The number of hydrogen-bond acceptors (Lipinski definition) is 7. The van der Waals surface area contributed by atoms with Gasteiger partial charge in [-0.15, -0.1) is 0 Å². The third kappa shape index (κ3) is 4.12. The van der Waals surface area contributed by atoms with Crippen LogP contribution in [0.5, 0.6) is 0 Å². The van der Waals surface area contributed by atoms with E-state index in [-0.39, 0.29) is 0 Å². The summed E-state index contributed by atoms with van der Waals surface area (Å²) in [6.45, 7) is -0.638. The van der Waals surface area contributed by atoms with Crippen LogP contribution in [0.15, 0.2) is 34.5 Å². The minimum Gasteiger partial charge on any atom is -0.475 e. The van der Waals surface area contributed by atoms with Crippen LogP contribution in [-0.2, 0) is 14.3 Å². The van der Waals surface area contributed by atoms with Crippen molar-refractivity contribution in [3.05, 3.63) is 40.1 Å². The molecule has 0 unspecified atom stereocenters. The molecule has 132 valence electrons. The first kappa shape index (κ1) is 18.8. The van der Waals surface area contributed by atoms with Gasteiger partial charge in [-0.3, -0.25) is 0 Å². The molecule has 1 aromatic rings. The van der Waals surface area contributed by atoms with Gasteiger partial charge in [0, 0.05) is 4.47 Å². The summed E-state index contributed by atoms with van der Waals surface area (Å²) in [6.07, 6.45) is -6.43. The quantitative estimate of drug-likeness (QED) is 0.333. The molecule has 2 rings (SSSR count). The normalized spacial score (nSPS) is 30.9. The summed E-state index contributed by atoms with van der Waals surface area (Å²) < 4.78 is 10.9. The molecule has 0 amide bonds. The number of halogens is 1. The standard InChI is InChI=1S/C15H17BrO8/c16-8-4-2-1-3-7(8)5-9(14(21)22)23-15-13(20)12(19)11(18)10(6-17)24-15/h1-5,10-13,15,17-20H,6H2,(H,21,22)/t10-,11+,12+,13-,15-/m0/s1. The Balaban J connectivity index is 2.24. The number of aliphatic carboxylic acids is 1. The van der Waals surface area contributed by atoms with Gasteiger partial charge in [0.2, 0.25) is 12.0 Å². The monoisotopic (exact) mass is 404 g/mol. The zero-order valence-electron chi connectivity index (χ0n) is 12.3. The molecule has 8 nitrogen and oxygen atoms in total. The number of hydrogen-bond donors (Lipinski definition) is 5. The van der Waals surface area contributed by atoms with Crippen molar-refractivity contribution in [2.24, 2.45) is 0 Å². The molecule has 1 aliphatic heterocycles. The van der Waals surface area contributed by atoms with Crippen LogP contribution in [0, 0.1) is 0 Å². The van der Waals surface area contributed by atoms with Gasteiger partial charge in [0.15, 0.2) is 0 Å². The van der Waals surface area contributed by atoms with Crippen LogP contribution in [0.2, 0.25) is 0 Å². The molecule has 0 aliphatic carbocycles. The lowest BCUT2D eigenvalue weighted by Crippen LogP contribution is -2.59. The van der Waals surface area contributed by atoms with E-state index in [2.05, 4.69) is 15.9 Å². The van der Waals surface area contributed by atoms with Gasteiger partial charge in [-0.2, -0.15) is 0 Å². The fraction of sp³-hybridized carbons (Fsp3) is 0.400. The number of rotatable bonds is 5. The number of ether oxygens (including phenoxy) is 2.